The van der Waals surface area contributed by atoms with Gasteiger partial charge in [0, 0.05) is 17.7 Å². The first-order chi connectivity index (χ1) is 14.2. The third kappa shape index (κ3) is 5.06. The van der Waals surface area contributed by atoms with E-state index >= 15 is 0 Å². The number of rotatable bonds is 8. The van der Waals surface area contributed by atoms with Gasteiger partial charge < -0.3 is 9.84 Å². The Kier molecular flexibility index (Phi) is 6.55. The number of aromatic nitrogens is 2. The average Bonchev–Trinajstić information content (AvgIpc) is 3.09. The number of benzene rings is 2. The van der Waals surface area contributed by atoms with Crippen LogP contribution in [0.4, 0.5) is 4.39 Å². The zero-order chi connectivity index (χ0) is 21.8. The highest BCUT2D eigenvalue weighted by Gasteiger charge is 2.18. The van der Waals surface area contributed by atoms with Crippen molar-refractivity contribution in [2.45, 2.75) is 34.2 Å². The van der Waals surface area contributed by atoms with Crippen LogP contribution in [0, 0.1) is 17.7 Å². The molecule has 0 radical (unpaired) electrons. The second-order valence-electron chi connectivity index (χ2n) is 8.22. The Morgan fingerprint density at radius 2 is 1.87 bits per heavy atom. The normalized spacial score (nSPS) is 11.3. The summed E-state index contributed by atoms with van der Waals surface area (Å²) >= 11 is 0. The summed E-state index contributed by atoms with van der Waals surface area (Å²) in [5.41, 5.74) is 2.85. The smallest absolute Gasteiger partial charge is 0.335 e. The molecule has 0 amide bonds. The van der Waals surface area contributed by atoms with Crippen molar-refractivity contribution in [3.05, 3.63) is 59.9 Å². The minimum absolute atomic E-state index is 0.160. The summed E-state index contributed by atoms with van der Waals surface area (Å²) in [7, 11) is 0. The van der Waals surface area contributed by atoms with Crippen molar-refractivity contribution in [3.63, 3.8) is 0 Å². The van der Waals surface area contributed by atoms with Gasteiger partial charge in [-0.15, -0.1) is 0 Å². The zero-order valence-electron chi connectivity index (χ0n) is 17.7. The Morgan fingerprint density at radius 3 is 2.50 bits per heavy atom. The van der Waals surface area contributed by atoms with Gasteiger partial charge in [-0.1, -0.05) is 39.8 Å². The molecule has 30 heavy (non-hydrogen) atoms. The van der Waals surface area contributed by atoms with E-state index in [0.29, 0.717) is 47.6 Å². The Morgan fingerprint density at radius 1 is 1.10 bits per heavy atom. The van der Waals surface area contributed by atoms with E-state index in [1.54, 1.807) is 18.2 Å². The number of aromatic carboxylic acids is 1. The molecule has 0 bridgehead atoms. The summed E-state index contributed by atoms with van der Waals surface area (Å²) in [5.74, 6) is -0.113. The van der Waals surface area contributed by atoms with E-state index in [0.717, 1.165) is 5.69 Å². The van der Waals surface area contributed by atoms with Crippen LogP contribution in [0.5, 0.6) is 5.75 Å². The van der Waals surface area contributed by atoms with Crippen LogP contribution < -0.4 is 4.74 Å². The highest BCUT2D eigenvalue weighted by atomic mass is 19.1. The van der Waals surface area contributed by atoms with Crippen LogP contribution in [0.15, 0.2) is 48.5 Å². The molecule has 0 aliphatic heterocycles. The number of nitrogens with zero attached hydrogens (tertiary/aromatic N) is 2. The number of carboxylic acids is 1. The van der Waals surface area contributed by atoms with E-state index in [9.17, 15) is 14.3 Å². The molecule has 0 aliphatic carbocycles. The lowest BCUT2D eigenvalue weighted by atomic mass is 10.0. The molecule has 1 aromatic heterocycles. The molecule has 0 saturated heterocycles. The molecular weight excluding hydrogens is 383 g/mol. The Hall–Kier alpha value is -3.15. The topological polar surface area (TPSA) is 64.3 Å². The molecule has 0 aliphatic rings. The summed E-state index contributed by atoms with van der Waals surface area (Å²) in [6.07, 6.45) is 0. The van der Waals surface area contributed by atoms with Crippen molar-refractivity contribution in [1.29, 1.82) is 0 Å². The molecule has 0 spiro atoms. The number of carboxylic acid groups (broad SMARTS) is 1. The Bertz CT molecular complexity index is 1040. The van der Waals surface area contributed by atoms with Gasteiger partial charge in [-0.25, -0.2) is 9.18 Å². The number of hydrogen-bond donors (Lipinski definition) is 1. The number of hydrogen-bond acceptors (Lipinski definition) is 3. The monoisotopic (exact) mass is 410 g/mol. The van der Waals surface area contributed by atoms with Gasteiger partial charge in [0.15, 0.2) is 0 Å². The SMILES string of the molecule is CC(C)COc1ccc(C(=O)O)cc1-c1cc(-c2cccc(F)c2)n(CC(C)C)n1. The molecule has 1 heterocycles. The van der Waals surface area contributed by atoms with Crippen molar-refractivity contribution in [1.82, 2.24) is 9.78 Å². The van der Waals surface area contributed by atoms with Gasteiger partial charge in [0.05, 0.1) is 23.6 Å². The molecule has 2 aromatic carbocycles. The molecule has 1 N–H and O–H groups in total. The minimum Gasteiger partial charge on any atom is -0.493 e. The first kappa shape index (κ1) is 21.6. The van der Waals surface area contributed by atoms with Gasteiger partial charge in [0.2, 0.25) is 0 Å². The molecule has 0 atom stereocenters. The van der Waals surface area contributed by atoms with Gasteiger partial charge in [-0.05, 0) is 48.2 Å². The third-order valence-electron chi connectivity index (χ3n) is 4.51. The zero-order valence-corrected chi connectivity index (χ0v) is 17.7. The second-order valence-corrected chi connectivity index (χ2v) is 8.22. The lowest BCUT2D eigenvalue weighted by molar-refractivity contribution is 0.0697. The summed E-state index contributed by atoms with van der Waals surface area (Å²) in [5, 5.41) is 14.2. The third-order valence-corrected chi connectivity index (χ3v) is 4.51. The van der Waals surface area contributed by atoms with Crippen LogP contribution in [0.2, 0.25) is 0 Å². The van der Waals surface area contributed by atoms with Gasteiger partial charge in [0.25, 0.3) is 0 Å². The Balaban J connectivity index is 2.14. The van der Waals surface area contributed by atoms with Crippen LogP contribution in [-0.2, 0) is 6.54 Å². The summed E-state index contributed by atoms with van der Waals surface area (Å²) in [6.45, 7) is 9.41. The van der Waals surface area contributed by atoms with Gasteiger partial charge in [0.1, 0.15) is 11.6 Å². The first-order valence-electron chi connectivity index (χ1n) is 10.1. The van der Waals surface area contributed by atoms with Crippen LogP contribution >= 0.6 is 0 Å². The van der Waals surface area contributed by atoms with E-state index in [4.69, 9.17) is 9.84 Å². The predicted octanol–water partition coefficient (Wildman–Crippen LogP) is 5.75. The van der Waals surface area contributed by atoms with E-state index in [-0.39, 0.29) is 11.4 Å². The van der Waals surface area contributed by atoms with Crippen LogP contribution in [-0.4, -0.2) is 27.5 Å². The number of carbonyl (C=O) groups is 1. The molecule has 6 heteroatoms. The largest absolute Gasteiger partial charge is 0.493 e. The van der Waals surface area contributed by atoms with Crippen molar-refractivity contribution in [3.8, 4) is 28.3 Å². The summed E-state index contributed by atoms with van der Waals surface area (Å²) < 4.78 is 21.6. The fourth-order valence-electron chi connectivity index (χ4n) is 3.16. The van der Waals surface area contributed by atoms with Gasteiger partial charge >= 0.3 is 5.97 Å². The predicted molar refractivity (Wildman–Crippen MR) is 115 cm³/mol. The van der Waals surface area contributed by atoms with Gasteiger partial charge in [-0.2, -0.15) is 5.10 Å². The lowest BCUT2D eigenvalue weighted by Crippen LogP contribution is -2.08. The maximum Gasteiger partial charge on any atom is 0.335 e. The quantitative estimate of drug-likeness (QED) is 0.514. The maximum atomic E-state index is 13.8. The van der Waals surface area contributed by atoms with E-state index in [1.165, 1.54) is 18.2 Å². The highest BCUT2D eigenvalue weighted by Crippen LogP contribution is 2.34. The fraction of sp³-hybridized carbons (Fsp3) is 0.333. The summed E-state index contributed by atoms with van der Waals surface area (Å²) in [4.78, 5) is 11.5. The maximum absolute atomic E-state index is 13.8. The van der Waals surface area contributed by atoms with Crippen molar-refractivity contribution in [2.75, 3.05) is 6.61 Å². The molecule has 5 nitrogen and oxygen atoms in total. The van der Waals surface area contributed by atoms with Crippen LogP contribution in [0.1, 0.15) is 38.1 Å². The van der Waals surface area contributed by atoms with Gasteiger partial charge in [-0.3, -0.25) is 4.68 Å². The standard InChI is InChI=1S/C24H27FN2O3/c1-15(2)13-27-22(17-6-5-7-19(25)10-17)12-21(26-27)20-11-18(24(28)29)8-9-23(20)30-14-16(3)4/h5-12,15-16H,13-14H2,1-4H3,(H,28,29). The lowest BCUT2D eigenvalue weighted by Gasteiger charge is -2.13. The molecule has 0 unspecified atom stereocenters. The number of ether oxygens (including phenoxy) is 1. The molecule has 0 fully saturated rings. The fourth-order valence-corrected chi connectivity index (χ4v) is 3.16. The highest BCUT2D eigenvalue weighted by molar-refractivity contribution is 5.90. The van der Waals surface area contributed by atoms with Crippen molar-refractivity contribution in [2.24, 2.45) is 11.8 Å². The average molecular weight is 410 g/mol. The van der Waals surface area contributed by atoms with E-state index < -0.39 is 5.97 Å². The first-order valence-corrected chi connectivity index (χ1v) is 10.1. The molecule has 3 rings (SSSR count). The van der Waals surface area contributed by atoms with E-state index in [1.807, 2.05) is 30.7 Å². The van der Waals surface area contributed by atoms with Crippen LogP contribution in [0.3, 0.4) is 0 Å². The molecule has 0 saturated carbocycles. The number of halogens is 1. The Labute approximate surface area is 176 Å². The summed E-state index contributed by atoms with van der Waals surface area (Å²) in [6, 6.07) is 13.0. The molecular formula is C24H27FN2O3. The second kappa shape index (κ2) is 9.11. The molecule has 3 aromatic rings. The van der Waals surface area contributed by atoms with Crippen molar-refractivity contribution >= 4 is 5.97 Å². The minimum atomic E-state index is -1.02. The molecule has 158 valence electrons. The van der Waals surface area contributed by atoms with E-state index in [2.05, 4.69) is 13.8 Å². The van der Waals surface area contributed by atoms with Crippen LogP contribution in [0.25, 0.3) is 22.5 Å². The van der Waals surface area contributed by atoms with Crippen molar-refractivity contribution < 1.29 is 19.0 Å².